The van der Waals surface area contributed by atoms with E-state index in [-0.39, 0.29) is 11.9 Å². The van der Waals surface area contributed by atoms with Gasteiger partial charge in [-0.15, -0.1) is 0 Å². The molecule has 1 N–H and O–H groups in total. The van der Waals surface area contributed by atoms with Gasteiger partial charge in [-0.3, -0.25) is 9.78 Å². The number of carbonyl (C=O) groups excluding carboxylic acids is 1. The molecule has 0 bridgehead atoms. The highest BCUT2D eigenvalue weighted by atomic mass is 16.2. The van der Waals surface area contributed by atoms with Crippen molar-refractivity contribution < 1.29 is 4.79 Å². The first-order valence-electron chi connectivity index (χ1n) is 6.57. The topological polar surface area (TPSA) is 45.2 Å². The van der Waals surface area contributed by atoms with Crippen molar-refractivity contribution in [2.75, 3.05) is 18.9 Å². The highest BCUT2D eigenvalue weighted by Gasteiger charge is 2.18. The number of anilines is 1. The molecule has 0 saturated heterocycles. The summed E-state index contributed by atoms with van der Waals surface area (Å²) in [7, 11) is 1.84. The highest BCUT2D eigenvalue weighted by Crippen LogP contribution is 2.12. The molecule has 0 aliphatic rings. The summed E-state index contributed by atoms with van der Waals surface area (Å²) in [6.45, 7) is 7.05. The van der Waals surface area contributed by atoms with Crippen LogP contribution in [-0.2, 0) is 0 Å². The molecular weight excluding hydrogens is 226 g/mol. The van der Waals surface area contributed by atoms with Crippen LogP contribution in [0.4, 0.5) is 5.69 Å². The average molecular weight is 249 g/mol. The van der Waals surface area contributed by atoms with Crippen LogP contribution in [0.15, 0.2) is 18.3 Å². The van der Waals surface area contributed by atoms with Gasteiger partial charge in [0.2, 0.25) is 0 Å². The second-order valence-corrected chi connectivity index (χ2v) is 4.51. The summed E-state index contributed by atoms with van der Waals surface area (Å²) in [5.41, 5.74) is 1.44. The predicted octanol–water partition coefficient (Wildman–Crippen LogP) is 2.77. The summed E-state index contributed by atoms with van der Waals surface area (Å²) in [4.78, 5) is 18.2. The lowest BCUT2D eigenvalue weighted by Crippen LogP contribution is -2.35. The first-order chi connectivity index (χ1) is 8.60. The lowest BCUT2D eigenvalue weighted by atomic mass is 10.1. The van der Waals surface area contributed by atoms with E-state index in [0.29, 0.717) is 5.69 Å². The van der Waals surface area contributed by atoms with Crippen molar-refractivity contribution in [1.29, 1.82) is 0 Å². The minimum atomic E-state index is -0.0179. The van der Waals surface area contributed by atoms with Gasteiger partial charge in [0.05, 0.1) is 0 Å². The minimum Gasteiger partial charge on any atom is -0.385 e. The Morgan fingerprint density at radius 3 is 2.83 bits per heavy atom. The number of hydrogen-bond donors (Lipinski definition) is 1. The molecule has 1 heterocycles. The quantitative estimate of drug-likeness (QED) is 0.843. The molecule has 0 spiro atoms. The monoisotopic (exact) mass is 249 g/mol. The summed E-state index contributed by atoms with van der Waals surface area (Å²) in [6.07, 6.45) is 3.75. The number of pyridine rings is 1. The van der Waals surface area contributed by atoms with E-state index in [9.17, 15) is 4.79 Å². The largest absolute Gasteiger partial charge is 0.385 e. The lowest BCUT2D eigenvalue weighted by Gasteiger charge is -2.24. The number of amides is 1. The van der Waals surface area contributed by atoms with E-state index >= 15 is 0 Å². The average Bonchev–Trinajstić information content (AvgIpc) is 2.38. The fraction of sp³-hybridized carbons (Fsp3) is 0.571. The lowest BCUT2D eigenvalue weighted by molar-refractivity contribution is 0.0731. The SMILES string of the molecule is CCCC(C)N(C)C(=O)c1cc(NCC)ccn1. The van der Waals surface area contributed by atoms with Gasteiger partial charge in [-0.1, -0.05) is 13.3 Å². The third-order valence-corrected chi connectivity index (χ3v) is 3.05. The molecule has 0 aliphatic heterocycles. The van der Waals surface area contributed by atoms with Crippen molar-refractivity contribution in [2.45, 2.75) is 39.7 Å². The molecule has 0 fully saturated rings. The van der Waals surface area contributed by atoms with Gasteiger partial charge in [0, 0.05) is 31.5 Å². The summed E-state index contributed by atoms with van der Waals surface area (Å²) in [5.74, 6) is -0.0179. The molecule has 4 nitrogen and oxygen atoms in total. The van der Waals surface area contributed by atoms with Crippen LogP contribution in [-0.4, -0.2) is 35.4 Å². The Morgan fingerprint density at radius 2 is 2.22 bits per heavy atom. The molecule has 100 valence electrons. The van der Waals surface area contributed by atoms with Gasteiger partial charge < -0.3 is 10.2 Å². The number of hydrogen-bond acceptors (Lipinski definition) is 3. The number of rotatable bonds is 6. The first kappa shape index (κ1) is 14.5. The van der Waals surface area contributed by atoms with Gasteiger partial charge >= 0.3 is 0 Å². The van der Waals surface area contributed by atoms with Gasteiger partial charge in [-0.2, -0.15) is 0 Å². The molecule has 1 atom stereocenters. The van der Waals surface area contributed by atoms with E-state index in [2.05, 4.69) is 24.1 Å². The minimum absolute atomic E-state index is 0.0179. The van der Waals surface area contributed by atoms with E-state index in [1.165, 1.54) is 0 Å². The molecule has 0 aliphatic carbocycles. The van der Waals surface area contributed by atoms with Crippen LogP contribution in [0.3, 0.4) is 0 Å². The fourth-order valence-corrected chi connectivity index (χ4v) is 1.85. The summed E-state index contributed by atoms with van der Waals surface area (Å²) in [6, 6.07) is 3.92. The van der Waals surface area contributed by atoms with E-state index in [1.54, 1.807) is 17.2 Å². The summed E-state index contributed by atoms with van der Waals surface area (Å²) in [5, 5.41) is 3.19. The molecule has 0 saturated carbocycles. The van der Waals surface area contributed by atoms with Crippen LogP contribution in [0.25, 0.3) is 0 Å². The van der Waals surface area contributed by atoms with Crippen molar-refractivity contribution >= 4 is 11.6 Å². The zero-order chi connectivity index (χ0) is 13.5. The zero-order valence-corrected chi connectivity index (χ0v) is 11.7. The molecule has 1 unspecified atom stereocenters. The molecule has 18 heavy (non-hydrogen) atoms. The third kappa shape index (κ3) is 3.72. The van der Waals surface area contributed by atoms with Gasteiger partial charge in [-0.25, -0.2) is 0 Å². The Kier molecular flexibility index (Phi) is 5.62. The van der Waals surface area contributed by atoms with Crippen molar-refractivity contribution in [3.63, 3.8) is 0 Å². The van der Waals surface area contributed by atoms with Crippen LogP contribution in [0.5, 0.6) is 0 Å². The van der Waals surface area contributed by atoms with Crippen molar-refractivity contribution in [2.24, 2.45) is 0 Å². The Labute approximate surface area is 109 Å². The van der Waals surface area contributed by atoms with Crippen LogP contribution in [0.1, 0.15) is 44.1 Å². The van der Waals surface area contributed by atoms with E-state index in [4.69, 9.17) is 0 Å². The molecule has 1 rings (SSSR count). The van der Waals surface area contributed by atoms with Gasteiger partial charge in [0.1, 0.15) is 5.69 Å². The maximum atomic E-state index is 12.3. The first-order valence-corrected chi connectivity index (χ1v) is 6.57. The van der Waals surface area contributed by atoms with Crippen molar-refractivity contribution in [1.82, 2.24) is 9.88 Å². The van der Waals surface area contributed by atoms with Crippen LogP contribution in [0.2, 0.25) is 0 Å². The summed E-state index contributed by atoms with van der Waals surface area (Å²) >= 11 is 0. The van der Waals surface area contributed by atoms with Gasteiger partial charge in [0.15, 0.2) is 0 Å². The summed E-state index contributed by atoms with van der Waals surface area (Å²) < 4.78 is 0. The van der Waals surface area contributed by atoms with E-state index in [1.807, 2.05) is 20.0 Å². The highest BCUT2D eigenvalue weighted by molar-refractivity contribution is 5.93. The van der Waals surface area contributed by atoms with Crippen molar-refractivity contribution in [3.05, 3.63) is 24.0 Å². The van der Waals surface area contributed by atoms with Crippen LogP contribution in [0, 0.1) is 0 Å². The Morgan fingerprint density at radius 1 is 1.50 bits per heavy atom. The second kappa shape index (κ2) is 6.99. The smallest absolute Gasteiger partial charge is 0.272 e. The van der Waals surface area contributed by atoms with E-state index < -0.39 is 0 Å². The molecule has 0 radical (unpaired) electrons. The van der Waals surface area contributed by atoms with Gasteiger partial charge in [-0.05, 0) is 32.4 Å². The van der Waals surface area contributed by atoms with Crippen molar-refractivity contribution in [3.8, 4) is 0 Å². The molecule has 0 aromatic carbocycles. The number of aromatic nitrogens is 1. The Hall–Kier alpha value is -1.58. The predicted molar refractivity (Wildman–Crippen MR) is 74.9 cm³/mol. The van der Waals surface area contributed by atoms with Crippen LogP contribution < -0.4 is 5.32 Å². The normalized spacial score (nSPS) is 12.0. The maximum absolute atomic E-state index is 12.3. The third-order valence-electron chi connectivity index (χ3n) is 3.05. The molecule has 4 heteroatoms. The molecule has 1 aromatic rings. The number of carbonyl (C=O) groups is 1. The van der Waals surface area contributed by atoms with E-state index in [0.717, 1.165) is 25.1 Å². The molecule has 1 amide bonds. The second-order valence-electron chi connectivity index (χ2n) is 4.51. The molecule has 1 aromatic heterocycles. The van der Waals surface area contributed by atoms with Crippen LogP contribution >= 0.6 is 0 Å². The molecular formula is C14H23N3O. The fourth-order valence-electron chi connectivity index (χ4n) is 1.85. The number of nitrogens with one attached hydrogen (secondary N) is 1. The standard InChI is InChI=1S/C14H23N3O/c1-5-7-11(3)17(4)14(18)13-10-12(15-6-2)8-9-16-13/h8-11H,5-7H2,1-4H3,(H,15,16). The maximum Gasteiger partial charge on any atom is 0.272 e. The zero-order valence-electron chi connectivity index (χ0n) is 11.7. The Balaban J connectivity index is 2.79. The number of nitrogens with zero attached hydrogens (tertiary/aromatic N) is 2. The van der Waals surface area contributed by atoms with Gasteiger partial charge in [0.25, 0.3) is 5.91 Å². The Bertz CT molecular complexity index is 392.